The molecule has 0 aromatic heterocycles. The largest absolute Gasteiger partial charge is 0.393 e. The van der Waals surface area contributed by atoms with Gasteiger partial charge in [-0.05, 0) is 6.92 Å². The van der Waals surface area contributed by atoms with Crippen molar-refractivity contribution in [1.82, 2.24) is 0 Å². The summed E-state index contributed by atoms with van der Waals surface area (Å²) in [5.74, 6) is -3.89. The highest BCUT2D eigenvalue weighted by molar-refractivity contribution is 7.56. The van der Waals surface area contributed by atoms with E-state index in [1.165, 1.54) is 0 Å². The van der Waals surface area contributed by atoms with Gasteiger partial charge < -0.3 is 24.9 Å². The maximum Gasteiger partial charge on any atom is 0.359 e. The molecule has 3 atom stereocenters. The Balaban J connectivity index is 4.53. The Labute approximate surface area is 79.8 Å². The Morgan fingerprint density at radius 2 is 1.71 bits per heavy atom. The standard InChI is InChI=1S/C4H12O8P2/c1-3(13(7,8)9)12-14(10,11)4(6)2-5/h3-6H,2H2,1H3,(H,10,11)(H2,7,8,9). The van der Waals surface area contributed by atoms with Crippen LogP contribution in [-0.4, -0.2) is 43.2 Å². The van der Waals surface area contributed by atoms with Crippen LogP contribution < -0.4 is 0 Å². The third kappa shape index (κ3) is 4.16. The van der Waals surface area contributed by atoms with Crippen LogP contribution >= 0.6 is 15.2 Å². The van der Waals surface area contributed by atoms with Crippen LogP contribution in [0.3, 0.4) is 0 Å². The van der Waals surface area contributed by atoms with Crippen LogP contribution in [0, 0.1) is 0 Å². The number of hydrogen-bond donors (Lipinski definition) is 5. The average Bonchev–Trinajstić information content (AvgIpc) is 2.00. The zero-order valence-electron chi connectivity index (χ0n) is 7.22. The van der Waals surface area contributed by atoms with Crippen LogP contribution in [-0.2, 0) is 13.7 Å². The zero-order valence-corrected chi connectivity index (χ0v) is 9.01. The van der Waals surface area contributed by atoms with E-state index in [1.807, 2.05) is 0 Å². The molecule has 0 radical (unpaired) electrons. The van der Waals surface area contributed by atoms with Crippen molar-refractivity contribution in [3.05, 3.63) is 0 Å². The number of aliphatic hydroxyl groups excluding tert-OH is 2. The highest BCUT2D eigenvalue weighted by Crippen LogP contribution is 2.54. The number of hydrogen-bond acceptors (Lipinski definition) is 5. The quantitative estimate of drug-likeness (QED) is 0.391. The van der Waals surface area contributed by atoms with Gasteiger partial charge in [-0.15, -0.1) is 0 Å². The summed E-state index contributed by atoms with van der Waals surface area (Å²) in [4.78, 5) is 25.9. The minimum absolute atomic E-state index is 0.883. The van der Waals surface area contributed by atoms with Crippen molar-refractivity contribution < 1.29 is 38.5 Å². The first kappa shape index (κ1) is 14.2. The number of aliphatic hydroxyl groups is 2. The summed E-state index contributed by atoms with van der Waals surface area (Å²) in [6, 6.07) is 0. The molecule has 10 heteroatoms. The Morgan fingerprint density at radius 1 is 1.29 bits per heavy atom. The molecule has 0 heterocycles. The lowest BCUT2D eigenvalue weighted by Gasteiger charge is -2.21. The van der Waals surface area contributed by atoms with Gasteiger partial charge in [0.1, 0.15) is 0 Å². The van der Waals surface area contributed by atoms with Crippen LogP contribution in [0.5, 0.6) is 0 Å². The fourth-order valence-corrected chi connectivity index (χ4v) is 2.13. The first-order valence-electron chi connectivity index (χ1n) is 3.46. The lowest BCUT2D eigenvalue weighted by molar-refractivity contribution is 0.108. The van der Waals surface area contributed by atoms with Crippen molar-refractivity contribution in [2.75, 3.05) is 6.61 Å². The zero-order chi connectivity index (χ0) is 11.6. The third-order valence-corrected chi connectivity index (χ3v) is 4.07. The Morgan fingerprint density at radius 3 is 2.00 bits per heavy atom. The van der Waals surface area contributed by atoms with Gasteiger partial charge in [-0.3, -0.25) is 13.7 Å². The summed E-state index contributed by atoms with van der Waals surface area (Å²) < 4.78 is 25.6. The molecule has 0 rings (SSSR count). The van der Waals surface area contributed by atoms with Gasteiger partial charge in [-0.1, -0.05) is 0 Å². The van der Waals surface area contributed by atoms with E-state index in [-0.39, 0.29) is 0 Å². The lowest BCUT2D eigenvalue weighted by Crippen LogP contribution is -2.18. The molecule has 0 aromatic carbocycles. The molecular formula is C4H12O8P2. The van der Waals surface area contributed by atoms with Gasteiger partial charge in [0, 0.05) is 0 Å². The second-order valence-corrected chi connectivity index (χ2v) is 6.36. The van der Waals surface area contributed by atoms with Crippen LogP contribution in [0.1, 0.15) is 6.92 Å². The van der Waals surface area contributed by atoms with Gasteiger partial charge in [-0.25, -0.2) is 0 Å². The molecule has 0 fully saturated rings. The van der Waals surface area contributed by atoms with Crippen molar-refractivity contribution in [2.24, 2.45) is 0 Å². The van der Waals surface area contributed by atoms with Crippen molar-refractivity contribution >= 4 is 15.2 Å². The summed E-state index contributed by atoms with van der Waals surface area (Å²) in [7, 11) is -9.27. The minimum atomic E-state index is -4.65. The van der Waals surface area contributed by atoms with Gasteiger partial charge in [0.15, 0.2) is 11.7 Å². The van der Waals surface area contributed by atoms with Crippen molar-refractivity contribution in [1.29, 1.82) is 0 Å². The molecule has 5 N–H and O–H groups in total. The molecule has 0 saturated heterocycles. The lowest BCUT2D eigenvalue weighted by atomic mass is 10.8. The Hall–Kier alpha value is 0.220. The second kappa shape index (κ2) is 4.83. The fourth-order valence-electron chi connectivity index (χ4n) is 0.453. The molecular weight excluding hydrogens is 238 g/mol. The smallest absolute Gasteiger partial charge is 0.359 e. The summed E-state index contributed by atoms with van der Waals surface area (Å²) >= 11 is 0. The first-order valence-corrected chi connectivity index (χ1v) is 6.79. The normalized spacial score (nSPS) is 21.3. The number of rotatable bonds is 5. The van der Waals surface area contributed by atoms with Gasteiger partial charge in [0.05, 0.1) is 6.61 Å². The van der Waals surface area contributed by atoms with Crippen LogP contribution in [0.2, 0.25) is 0 Å². The molecule has 0 aromatic rings. The highest BCUT2D eigenvalue weighted by Gasteiger charge is 2.37. The topological polar surface area (TPSA) is 145 Å². The van der Waals surface area contributed by atoms with Gasteiger partial charge >= 0.3 is 15.2 Å². The van der Waals surface area contributed by atoms with Crippen LogP contribution in [0.15, 0.2) is 0 Å². The van der Waals surface area contributed by atoms with E-state index < -0.39 is 33.5 Å². The predicted molar refractivity (Wildman–Crippen MR) is 45.5 cm³/mol. The molecule has 0 aliphatic heterocycles. The summed E-state index contributed by atoms with van der Waals surface area (Å²) in [6.45, 7) is -0.157. The van der Waals surface area contributed by atoms with Crippen molar-refractivity contribution in [2.45, 2.75) is 18.6 Å². The predicted octanol–water partition coefficient (Wildman–Crippen LogP) is -0.977. The van der Waals surface area contributed by atoms with E-state index in [0.29, 0.717) is 0 Å². The van der Waals surface area contributed by atoms with E-state index >= 15 is 0 Å². The molecule has 0 aliphatic rings. The van der Waals surface area contributed by atoms with Crippen molar-refractivity contribution in [3.63, 3.8) is 0 Å². The Kier molecular flexibility index (Phi) is 4.90. The Bertz CT molecular complexity index is 271. The van der Waals surface area contributed by atoms with Gasteiger partial charge in [0.2, 0.25) is 0 Å². The summed E-state index contributed by atoms with van der Waals surface area (Å²) in [5.41, 5.74) is 0. The molecule has 14 heavy (non-hydrogen) atoms. The molecule has 0 aliphatic carbocycles. The molecule has 0 bridgehead atoms. The van der Waals surface area contributed by atoms with E-state index in [2.05, 4.69) is 4.52 Å². The molecule has 3 unspecified atom stereocenters. The molecule has 0 spiro atoms. The third-order valence-electron chi connectivity index (χ3n) is 1.32. The maximum atomic E-state index is 11.0. The second-order valence-electron chi connectivity index (χ2n) is 2.52. The SMILES string of the molecule is CC(OP(=O)(O)C(O)CO)P(=O)(O)O. The van der Waals surface area contributed by atoms with Gasteiger partial charge in [-0.2, -0.15) is 0 Å². The molecule has 8 nitrogen and oxygen atoms in total. The highest BCUT2D eigenvalue weighted by atomic mass is 31.2. The van der Waals surface area contributed by atoms with E-state index in [1.54, 1.807) is 0 Å². The maximum absolute atomic E-state index is 11.0. The first-order chi connectivity index (χ1) is 6.11. The summed E-state index contributed by atoms with van der Waals surface area (Å²) in [6.07, 6.45) is 0. The minimum Gasteiger partial charge on any atom is -0.393 e. The van der Waals surface area contributed by atoms with Crippen LogP contribution in [0.25, 0.3) is 0 Å². The van der Waals surface area contributed by atoms with Crippen molar-refractivity contribution in [3.8, 4) is 0 Å². The van der Waals surface area contributed by atoms with E-state index in [0.717, 1.165) is 6.92 Å². The monoisotopic (exact) mass is 250 g/mol. The molecule has 86 valence electrons. The van der Waals surface area contributed by atoms with Crippen LogP contribution in [0.4, 0.5) is 0 Å². The van der Waals surface area contributed by atoms with E-state index in [4.69, 9.17) is 24.9 Å². The molecule has 0 saturated carbocycles. The molecule has 0 amide bonds. The van der Waals surface area contributed by atoms with Gasteiger partial charge in [0.25, 0.3) is 0 Å². The average molecular weight is 250 g/mol. The summed E-state index contributed by atoms with van der Waals surface area (Å²) in [5, 5.41) is 17.1. The fraction of sp³-hybridized carbons (Fsp3) is 1.00. The van der Waals surface area contributed by atoms with E-state index in [9.17, 15) is 9.13 Å².